The van der Waals surface area contributed by atoms with Crippen molar-refractivity contribution in [2.24, 2.45) is 5.92 Å². The van der Waals surface area contributed by atoms with Gasteiger partial charge in [-0.25, -0.2) is 0 Å². The van der Waals surface area contributed by atoms with Crippen LogP contribution in [0.1, 0.15) is 79.1 Å². The van der Waals surface area contributed by atoms with Gasteiger partial charge in [0, 0.05) is 12.3 Å². The highest BCUT2D eigenvalue weighted by Crippen LogP contribution is 2.18. The summed E-state index contributed by atoms with van der Waals surface area (Å²) in [6.45, 7) is 17.4. The van der Waals surface area contributed by atoms with E-state index in [1.165, 1.54) is 25.7 Å². The van der Waals surface area contributed by atoms with Gasteiger partial charge in [0.25, 0.3) is 0 Å². The minimum Gasteiger partial charge on any atom is -0.366 e. The number of unbranched alkanes of at least 4 members (excludes halogenated alkanes) is 4. The Morgan fingerprint density at radius 2 is 1.74 bits per heavy atom. The molecule has 0 radical (unpaired) electrons. The van der Waals surface area contributed by atoms with Gasteiger partial charge in [-0.3, -0.25) is 0 Å². The zero-order chi connectivity index (χ0) is 18.1. The molecule has 2 atom stereocenters. The molecule has 0 amide bonds. The molecule has 0 saturated carbocycles. The van der Waals surface area contributed by atoms with Crippen molar-refractivity contribution < 1.29 is 9.84 Å². The molecule has 2 unspecified atom stereocenters. The van der Waals surface area contributed by atoms with Gasteiger partial charge >= 0.3 is 0 Å². The molecular formula is C21H38O2. The van der Waals surface area contributed by atoms with E-state index in [9.17, 15) is 5.11 Å². The van der Waals surface area contributed by atoms with Crippen LogP contribution in [0.2, 0.25) is 0 Å². The van der Waals surface area contributed by atoms with Gasteiger partial charge in [0.2, 0.25) is 0 Å². The topological polar surface area (TPSA) is 29.5 Å². The minimum atomic E-state index is -1.06. The van der Waals surface area contributed by atoms with Crippen molar-refractivity contribution in [2.45, 2.75) is 91.0 Å². The van der Waals surface area contributed by atoms with Gasteiger partial charge in [-0.1, -0.05) is 51.0 Å². The molecule has 0 rings (SSSR count). The van der Waals surface area contributed by atoms with Crippen LogP contribution in [0.15, 0.2) is 25.8 Å². The molecule has 0 aromatic carbocycles. The molecule has 2 nitrogen and oxygen atoms in total. The SMILES string of the molecule is C=C.C=CC(C)C#CCCC(CCCCCCC)OC(C)(C)O. The molecule has 23 heavy (non-hydrogen) atoms. The molecule has 0 aromatic rings. The zero-order valence-corrected chi connectivity index (χ0v) is 15.9. The summed E-state index contributed by atoms with van der Waals surface area (Å²) in [6, 6.07) is 0. The van der Waals surface area contributed by atoms with Crippen LogP contribution in [-0.2, 0) is 4.74 Å². The molecule has 0 aliphatic heterocycles. The van der Waals surface area contributed by atoms with Crippen molar-refractivity contribution in [1.82, 2.24) is 0 Å². The molecule has 0 heterocycles. The minimum absolute atomic E-state index is 0.0972. The first-order valence-corrected chi connectivity index (χ1v) is 8.90. The van der Waals surface area contributed by atoms with E-state index in [4.69, 9.17) is 4.74 Å². The first-order valence-electron chi connectivity index (χ1n) is 8.90. The summed E-state index contributed by atoms with van der Waals surface area (Å²) in [5, 5.41) is 9.84. The highest BCUT2D eigenvalue weighted by atomic mass is 16.6. The van der Waals surface area contributed by atoms with Gasteiger partial charge in [0.05, 0.1) is 6.10 Å². The Morgan fingerprint density at radius 1 is 1.13 bits per heavy atom. The summed E-state index contributed by atoms with van der Waals surface area (Å²) in [5.41, 5.74) is 0. The van der Waals surface area contributed by atoms with Gasteiger partial charge in [0.15, 0.2) is 5.79 Å². The summed E-state index contributed by atoms with van der Waals surface area (Å²) in [4.78, 5) is 0. The molecular weight excluding hydrogens is 284 g/mol. The van der Waals surface area contributed by atoms with E-state index in [2.05, 4.69) is 38.5 Å². The van der Waals surface area contributed by atoms with E-state index < -0.39 is 5.79 Å². The Kier molecular flexibility index (Phi) is 16.7. The van der Waals surface area contributed by atoms with Crippen molar-refractivity contribution in [2.75, 3.05) is 0 Å². The van der Waals surface area contributed by atoms with E-state index in [0.29, 0.717) is 0 Å². The average molecular weight is 323 g/mol. The Hall–Kier alpha value is -1.04. The molecule has 0 bridgehead atoms. The van der Waals surface area contributed by atoms with Gasteiger partial charge < -0.3 is 9.84 Å². The molecule has 1 N–H and O–H groups in total. The average Bonchev–Trinajstić information content (AvgIpc) is 2.51. The predicted molar refractivity (Wildman–Crippen MR) is 102 cm³/mol. The maximum atomic E-state index is 9.84. The zero-order valence-electron chi connectivity index (χ0n) is 15.9. The summed E-state index contributed by atoms with van der Waals surface area (Å²) in [7, 11) is 0. The second kappa shape index (κ2) is 15.8. The number of hydrogen-bond donors (Lipinski definition) is 1. The lowest BCUT2D eigenvalue weighted by Gasteiger charge is -2.26. The third-order valence-corrected chi connectivity index (χ3v) is 3.36. The normalized spacial score (nSPS) is 13.1. The molecule has 134 valence electrons. The van der Waals surface area contributed by atoms with Crippen molar-refractivity contribution in [3.8, 4) is 11.8 Å². The molecule has 2 heteroatoms. The van der Waals surface area contributed by atoms with Gasteiger partial charge in [-0.15, -0.1) is 25.7 Å². The first kappa shape index (κ1) is 24.2. The van der Waals surface area contributed by atoms with Gasteiger partial charge in [-0.2, -0.15) is 0 Å². The number of hydrogen-bond acceptors (Lipinski definition) is 2. The van der Waals surface area contributed by atoms with Crippen LogP contribution in [0, 0.1) is 17.8 Å². The van der Waals surface area contributed by atoms with Gasteiger partial charge in [0.1, 0.15) is 0 Å². The Bertz CT molecular complexity index is 330. The predicted octanol–water partition coefficient (Wildman–Crippen LogP) is 5.87. The van der Waals surface area contributed by atoms with Crippen molar-refractivity contribution in [3.63, 3.8) is 0 Å². The quantitative estimate of drug-likeness (QED) is 0.223. The highest BCUT2D eigenvalue weighted by molar-refractivity contribution is 5.07. The molecule has 0 saturated heterocycles. The molecule has 0 aliphatic rings. The van der Waals surface area contributed by atoms with Crippen LogP contribution >= 0.6 is 0 Å². The van der Waals surface area contributed by atoms with Gasteiger partial charge in [-0.05, 0) is 33.6 Å². The third kappa shape index (κ3) is 18.9. The Balaban J connectivity index is 0. The number of aliphatic hydroxyl groups is 1. The van der Waals surface area contributed by atoms with Crippen LogP contribution in [-0.4, -0.2) is 17.0 Å². The van der Waals surface area contributed by atoms with Crippen LogP contribution in [0.5, 0.6) is 0 Å². The van der Waals surface area contributed by atoms with E-state index >= 15 is 0 Å². The largest absolute Gasteiger partial charge is 0.366 e. The number of ether oxygens (including phenoxy) is 1. The van der Waals surface area contributed by atoms with E-state index in [1.54, 1.807) is 13.8 Å². The van der Waals surface area contributed by atoms with Crippen molar-refractivity contribution in [1.29, 1.82) is 0 Å². The van der Waals surface area contributed by atoms with E-state index in [-0.39, 0.29) is 12.0 Å². The second-order valence-corrected chi connectivity index (χ2v) is 6.27. The maximum Gasteiger partial charge on any atom is 0.160 e. The second-order valence-electron chi connectivity index (χ2n) is 6.27. The van der Waals surface area contributed by atoms with Crippen LogP contribution in [0.3, 0.4) is 0 Å². The summed E-state index contributed by atoms with van der Waals surface area (Å²) in [5.74, 6) is 5.51. The molecule has 0 spiro atoms. The molecule has 0 fully saturated rings. The monoisotopic (exact) mass is 322 g/mol. The standard InChI is InChI=1S/C19H34O2.C2H4/c1-6-8-9-10-11-15-18(21-19(4,5)20)16-13-12-14-17(3)7-2;1-2/h7,17-18,20H,2,6,8-11,13,15-16H2,1,3-5H3;1-2H2. The molecule has 0 aromatic heterocycles. The lowest BCUT2D eigenvalue weighted by molar-refractivity contribution is -0.207. The van der Waals surface area contributed by atoms with E-state index in [0.717, 1.165) is 25.7 Å². The fourth-order valence-electron chi connectivity index (χ4n) is 2.17. The number of rotatable bonds is 11. The highest BCUT2D eigenvalue weighted by Gasteiger charge is 2.19. The summed E-state index contributed by atoms with van der Waals surface area (Å²) in [6.07, 6.45) is 10.9. The lowest BCUT2D eigenvalue weighted by atomic mass is 10.0. The smallest absolute Gasteiger partial charge is 0.160 e. The first-order chi connectivity index (χ1) is 10.9. The van der Waals surface area contributed by atoms with Crippen LogP contribution in [0.4, 0.5) is 0 Å². The summed E-state index contributed by atoms with van der Waals surface area (Å²) < 4.78 is 5.75. The van der Waals surface area contributed by atoms with Crippen LogP contribution < -0.4 is 0 Å². The van der Waals surface area contributed by atoms with Crippen molar-refractivity contribution in [3.05, 3.63) is 25.8 Å². The summed E-state index contributed by atoms with van der Waals surface area (Å²) >= 11 is 0. The lowest BCUT2D eigenvalue weighted by Crippen LogP contribution is -2.30. The fraction of sp³-hybridized carbons (Fsp3) is 0.714. The van der Waals surface area contributed by atoms with E-state index in [1.807, 2.05) is 13.0 Å². The van der Waals surface area contributed by atoms with Crippen molar-refractivity contribution >= 4 is 0 Å². The van der Waals surface area contributed by atoms with Crippen LogP contribution in [0.25, 0.3) is 0 Å². The Morgan fingerprint density at radius 3 is 2.26 bits per heavy atom. The maximum absolute atomic E-state index is 9.84. The number of allylic oxidation sites excluding steroid dienone is 1. The third-order valence-electron chi connectivity index (χ3n) is 3.36. The fourth-order valence-corrected chi connectivity index (χ4v) is 2.17. The Labute approximate surface area is 145 Å². The molecule has 0 aliphatic carbocycles.